The monoisotopic (exact) mass is 424 g/mol. The number of carbonyl (C=O) groups is 1. The summed E-state index contributed by atoms with van der Waals surface area (Å²) in [5.41, 5.74) is 1.81. The van der Waals surface area contributed by atoms with Crippen LogP contribution in [0.2, 0.25) is 0 Å². The largest absolute Gasteiger partial charge is 0.394 e. The van der Waals surface area contributed by atoms with Crippen molar-refractivity contribution in [1.29, 1.82) is 0 Å². The van der Waals surface area contributed by atoms with Crippen molar-refractivity contribution in [2.24, 2.45) is 0 Å². The van der Waals surface area contributed by atoms with Gasteiger partial charge in [-0.1, -0.05) is 47.7 Å². The smallest absolute Gasteiger partial charge is 0.254 e. The summed E-state index contributed by atoms with van der Waals surface area (Å²) in [5.74, 6) is -1.07. The minimum atomic E-state index is -0.571. The van der Waals surface area contributed by atoms with Gasteiger partial charge in [-0.25, -0.2) is 4.39 Å². The number of nitrogens with one attached hydrogen (secondary N) is 1. The second-order valence-electron chi connectivity index (χ2n) is 7.64. The second-order valence-corrected chi connectivity index (χ2v) is 7.64. The molecule has 31 heavy (non-hydrogen) atoms. The van der Waals surface area contributed by atoms with Crippen LogP contribution < -0.4 is 5.32 Å². The lowest BCUT2D eigenvalue weighted by atomic mass is 9.96. The molecule has 2 aromatic carbocycles. The van der Waals surface area contributed by atoms with Crippen LogP contribution in [0.1, 0.15) is 29.6 Å². The molecule has 7 nitrogen and oxygen atoms in total. The zero-order valence-corrected chi connectivity index (χ0v) is 17.0. The van der Waals surface area contributed by atoms with Crippen LogP contribution in [0.5, 0.6) is 0 Å². The number of aliphatic hydroxyl groups excluding tert-OH is 1. The molecular weight excluding hydrogens is 399 g/mol. The van der Waals surface area contributed by atoms with Gasteiger partial charge in [0.1, 0.15) is 17.6 Å². The molecule has 1 saturated heterocycles. The molecule has 1 aliphatic rings. The molecular formula is C23H25FN4O3. The van der Waals surface area contributed by atoms with Crippen LogP contribution in [-0.2, 0) is 11.3 Å². The maximum atomic E-state index is 13.9. The normalized spacial score (nSPS) is 21.0. The van der Waals surface area contributed by atoms with Gasteiger partial charge >= 0.3 is 0 Å². The van der Waals surface area contributed by atoms with Gasteiger partial charge in [-0.15, -0.1) is 5.10 Å². The zero-order chi connectivity index (χ0) is 21.6. The molecule has 1 amide bonds. The Balaban J connectivity index is 1.30. The second kappa shape index (κ2) is 9.80. The summed E-state index contributed by atoms with van der Waals surface area (Å²) in [6.45, 7) is 0.412. The summed E-state index contributed by atoms with van der Waals surface area (Å²) in [5, 5.41) is 21.0. The van der Waals surface area contributed by atoms with E-state index in [1.807, 2.05) is 36.5 Å². The Bertz CT molecular complexity index is 1010. The molecule has 0 bridgehead atoms. The number of halogens is 1. The highest BCUT2D eigenvalue weighted by molar-refractivity contribution is 5.94. The average Bonchev–Trinajstić information content (AvgIpc) is 3.28. The molecule has 1 aromatic heterocycles. The summed E-state index contributed by atoms with van der Waals surface area (Å²) in [7, 11) is 0. The van der Waals surface area contributed by atoms with E-state index in [2.05, 4.69) is 15.6 Å². The van der Waals surface area contributed by atoms with Crippen molar-refractivity contribution in [2.45, 2.75) is 44.1 Å². The van der Waals surface area contributed by atoms with E-state index in [1.54, 1.807) is 10.7 Å². The van der Waals surface area contributed by atoms with Crippen LogP contribution in [0.15, 0.2) is 60.8 Å². The van der Waals surface area contributed by atoms with Gasteiger partial charge in [0.15, 0.2) is 0 Å². The van der Waals surface area contributed by atoms with E-state index < -0.39 is 17.8 Å². The first-order chi connectivity index (χ1) is 15.1. The van der Waals surface area contributed by atoms with Crippen LogP contribution in [0.3, 0.4) is 0 Å². The molecule has 3 aromatic rings. The van der Waals surface area contributed by atoms with E-state index in [1.165, 1.54) is 18.2 Å². The van der Waals surface area contributed by atoms with Crippen LogP contribution in [-0.4, -0.2) is 50.9 Å². The summed E-state index contributed by atoms with van der Waals surface area (Å²) in [6.07, 6.45) is 3.37. The maximum absolute atomic E-state index is 13.9. The molecule has 4 rings (SSSR count). The topological polar surface area (TPSA) is 89.3 Å². The van der Waals surface area contributed by atoms with Gasteiger partial charge in [-0.05, 0) is 31.4 Å². The SMILES string of the molecule is O=C(N[C@H]1CC[C@@H](CCn2cc(-c3ccccc3)nn2)O[C@H]1CO)c1ccccc1F. The molecule has 0 radical (unpaired) electrons. The molecule has 0 spiro atoms. The number of nitrogens with zero attached hydrogens (tertiary/aromatic N) is 3. The van der Waals surface area contributed by atoms with Crippen molar-refractivity contribution in [3.8, 4) is 11.3 Å². The fourth-order valence-corrected chi connectivity index (χ4v) is 3.83. The van der Waals surface area contributed by atoms with Gasteiger partial charge < -0.3 is 15.2 Å². The molecule has 0 saturated carbocycles. The van der Waals surface area contributed by atoms with Gasteiger partial charge in [0, 0.05) is 12.1 Å². The molecule has 0 unspecified atom stereocenters. The average molecular weight is 424 g/mol. The molecule has 1 aliphatic heterocycles. The van der Waals surface area contributed by atoms with Crippen molar-refractivity contribution >= 4 is 5.91 Å². The fourth-order valence-electron chi connectivity index (χ4n) is 3.83. The Hall–Kier alpha value is -3.10. The molecule has 1 fully saturated rings. The highest BCUT2D eigenvalue weighted by Gasteiger charge is 2.32. The lowest BCUT2D eigenvalue weighted by molar-refractivity contribution is -0.0912. The molecule has 2 heterocycles. The quantitative estimate of drug-likeness (QED) is 0.609. The van der Waals surface area contributed by atoms with Crippen LogP contribution in [0.4, 0.5) is 4.39 Å². The van der Waals surface area contributed by atoms with Crippen LogP contribution >= 0.6 is 0 Å². The number of aromatic nitrogens is 3. The summed E-state index contributed by atoms with van der Waals surface area (Å²) < 4.78 is 21.6. The number of benzene rings is 2. The number of carbonyl (C=O) groups excluding carboxylic acids is 1. The summed E-state index contributed by atoms with van der Waals surface area (Å²) >= 11 is 0. The van der Waals surface area contributed by atoms with Gasteiger partial charge in [0.05, 0.1) is 30.5 Å². The van der Waals surface area contributed by atoms with E-state index in [-0.39, 0.29) is 24.3 Å². The molecule has 2 N–H and O–H groups in total. The first kappa shape index (κ1) is 21.1. The van der Waals surface area contributed by atoms with Crippen molar-refractivity contribution in [3.05, 3.63) is 72.2 Å². The first-order valence-corrected chi connectivity index (χ1v) is 10.4. The Morgan fingerprint density at radius 2 is 1.94 bits per heavy atom. The highest BCUT2D eigenvalue weighted by Crippen LogP contribution is 2.23. The predicted molar refractivity (Wildman–Crippen MR) is 113 cm³/mol. The lowest BCUT2D eigenvalue weighted by Gasteiger charge is -2.36. The minimum absolute atomic E-state index is 0.0123. The van der Waals surface area contributed by atoms with Gasteiger partial charge in [0.2, 0.25) is 0 Å². The number of rotatable bonds is 7. The lowest BCUT2D eigenvalue weighted by Crippen LogP contribution is -2.51. The Morgan fingerprint density at radius 1 is 1.16 bits per heavy atom. The van der Waals surface area contributed by atoms with Crippen molar-refractivity contribution < 1.29 is 19.0 Å². The van der Waals surface area contributed by atoms with E-state index in [9.17, 15) is 14.3 Å². The van der Waals surface area contributed by atoms with Gasteiger partial charge in [-0.2, -0.15) is 0 Å². The molecule has 8 heteroatoms. The highest BCUT2D eigenvalue weighted by atomic mass is 19.1. The standard InChI is InChI=1S/C23H25FN4O3/c24-19-9-5-4-8-18(19)23(30)25-20-11-10-17(31-22(20)15-29)12-13-28-14-21(26-27-28)16-6-2-1-3-7-16/h1-9,14,17,20,22,29H,10-13,15H2,(H,25,30)/t17-,20-,22-/m0/s1. The zero-order valence-electron chi connectivity index (χ0n) is 17.0. The van der Waals surface area contributed by atoms with Gasteiger partial charge in [0.25, 0.3) is 5.91 Å². The number of aliphatic hydroxyl groups is 1. The van der Waals surface area contributed by atoms with Crippen LogP contribution in [0, 0.1) is 5.82 Å². The van der Waals surface area contributed by atoms with Crippen molar-refractivity contribution in [1.82, 2.24) is 20.3 Å². The number of hydrogen-bond acceptors (Lipinski definition) is 5. The number of amides is 1. The van der Waals surface area contributed by atoms with Crippen molar-refractivity contribution in [2.75, 3.05) is 6.61 Å². The van der Waals surface area contributed by atoms with Gasteiger partial charge in [-0.3, -0.25) is 9.48 Å². The van der Waals surface area contributed by atoms with E-state index in [4.69, 9.17) is 4.74 Å². The third kappa shape index (κ3) is 5.15. The minimum Gasteiger partial charge on any atom is -0.394 e. The summed E-state index contributed by atoms with van der Waals surface area (Å²) in [6, 6.07) is 15.3. The molecule has 162 valence electrons. The molecule has 0 aliphatic carbocycles. The Kier molecular flexibility index (Phi) is 6.69. The third-order valence-electron chi connectivity index (χ3n) is 5.52. The fraction of sp³-hybridized carbons (Fsp3) is 0.348. The first-order valence-electron chi connectivity index (χ1n) is 10.4. The number of hydrogen-bond donors (Lipinski definition) is 2. The van der Waals surface area contributed by atoms with Crippen molar-refractivity contribution in [3.63, 3.8) is 0 Å². The number of ether oxygens (including phenoxy) is 1. The van der Waals surface area contributed by atoms with E-state index in [0.29, 0.717) is 19.4 Å². The molecule has 3 atom stereocenters. The third-order valence-corrected chi connectivity index (χ3v) is 5.52. The maximum Gasteiger partial charge on any atom is 0.254 e. The Labute approximate surface area is 179 Å². The summed E-state index contributed by atoms with van der Waals surface area (Å²) in [4.78, 5) is 12.4. The predicted octanol–water partition coefficient (Wildman–Crippen LogP) is 2.81. The van der Waals surface area contributed by atoms with Crippen LogP contribution in [0.25, 0.3) is 11.3 Å². The van der Waals surface area contributed by atoms with E-state index in [0.717, 1.165) is 17.7 Å². The number of aryl methyl sites for hydroxylation is 1. The van der Waals surface area contributed by atoms with E-state index >= 15 is 0 Å². The Morgan fingerprint density at radius 3 is 2.71 bits per heavy atom.